The van der Waals surface area contributed by atoms with Crippen molar-refractivity contribution in [2.45, 2.75) is 56.0 Å². The molecule has 0 spiro atoms. The smallest absolute Gasteiger partial charge is 0.218 e. The normalized spacial score (nSPS) is 27.2. The highest BCUT2D eigenvalue weighted by Crippen LogP contribution is 2.34. The lowest BCUT2D eigenvalue weighted by Crippen LogP contribution is -2.48. The quantitative estimate of drug-likeness (QED) is 0.169. The van der Waals surface area contributed by atoms with Crippen LogP contribution in [-0.4, -0.2) is 73.2 Å². The van der Waals surface area contributed by atoms with E-state index in [1.165, 1.54) is 6.92 Å². The summed E-state index contributed by atoms with van der Waals surface area (Å²) in [6.07, 6.45) is -3.04. The molecule has 2 heterocycles. The van der Waals surface area contributed by atoms with Crippen LogP contribution in [0.25, 0.3) is 0 Å². The van der Waals surface area contributed by atoms with Crippen LogP contribution in [0.4, 0.5) is 0 Å². The van der Waals surface area contributed by atoms with Gasteiger partial charge in [0.05, 0.1) is 26.4 Å². The van der Waals surface area contributed by atoms with Crippen LogP contribution in [0.2, 0.25) is 0 Å². The molecule has 236 valence electrons. The molecule has 44 heavy (non-hydrogen) atoms. The van der Waals surface area contributed by atoms with Gasteiger partial charge in [-0.15, -0.1) is 0 Å². The molecule has 0 aliphatic carbocycles. The van der Waals surface area contributed by atoms with Crippen LogP contribution in [0, 0.1) is 0 Å². The zero-order valence-corrected chi connectivity index (χ0v) is 26.0. The molecule has 0 bridgehead atoms. The average molecular weight is 644 g/mol. The van der Waals surface area contributed by atoms with Gasteiger partial charge in [-0.3, -0.25) is 8.98 Å². The Morgan fingerprint density at radius 2 is 1.57 bits per heavy atom. The summed E-state index contributed by atoms with van der Waals surface area (Å²) in [5.41, 5.74) is 2.79. The highest BCUT2D eigenvalue weighted by atomic mass is 32.3. The van der Waals surface area contributed by atoms with Crippen molar-refractivity contribution in [3.63, 3.8) is 0 Å². The molecule has 2 aliphatic rings. The molecule has 2 fully saturated rings. The molecule has 2 unspecified atom stereocenters. The Morgan fingerprint density at radius 1 is 0.955 bits per heavy atom. The van der Waals surface area contributed by atoms with Gasteiger partial charge in [0.2, 0.25) is 16.3 Å². The summed E-state index contributed by atoms with van der Waals surface area (Å²) in [6, 6.07) is 28.6. The third kappa shape index (κ3) is 9.35. The molecular weight excluding hydrogens is 606 g/mol. The van der Waals surface area contributed by atoms with E-state index in [0.717, 1.165) is 16.7 Å². The van der Waals surface area contributed by atoms with Gasteiger partial charge in [0.25, 0.3) is 0 Å². The third-order valence-corrected chi connectivity index (χ3v) is 10.8. The van der Waals surface area contributed by atoms with Gasteiger partial charge in [0.15, 0.2) is 11.5 Å². The number of rotatable bonds is 13. The van der Waals surface area contributed by atoms with Crippen LogP contribution in [0.1, 0.15) is 29.9 Å². The van der Waals surface area contributed by atoms with Crippen molar-refractivity contribution in [3.8, 4) is 0 Å². The van der Waals surface area contributed by atoms with Crippen molar-refractivity contribution in [1.29, 1.82) is 0 Å². The second kappa shape index (κ2) is 15.5. The lowest BCUT2D eigenvalue weighted by molar-refractivity contribution is -0.245. The highest BCUT2D eigenvalue weighted by molar-refractivity contribution is 7.97. The van der Waals surface area contributed by atoms with E-state index in [-0.39, 0.29) is 29.9 Å². The topological polar surface area (TPSA) is 132 Å². The van der Waals surface area contributed by atoms with Crippen LogP contribution in [0.5, 0.6) is 0 Å². The zero-order valence-electron chi connectivity index (χ0n) is 24.4. The van der Waals surface area contributed by atoms with Crippen molar-refractivity contribution in [2.24, 2.45) is 0 Å². The number of hydrogen-bond donors (Lipinski definition) is 1. The second-order valence-electron chi connectivity index (χ2n) is 10.8. The maximum atomic E-state index is 12.3. The molecule has 12 heteroatoms. The standard InChI is InChI=1S/C32H37NO9S2/c1-23(34)33-27-21-43(22-29-28(42-44(35,36)37)19-40-32(41-29)26-15-9-4-10-16-26)30(20-38-17-24-11-5-2-6-12-24)31(27)39-18-25-13-7-3-8-14-25/h2-16,27-32H,17-22H2,1H3,(H-,33,34,35,36,37)/t27-,28+,29-,30-,31+,32?,43?/m1/s1. The van der Waals surface area contributed by atoms with E-state index in [4.69, 9.17) is 23.1 Å². The van der Waals surface area contributed by atoms with Gasteiger partial charge in [-0.05, 0) is 11.1 Å². The molecule has 1 N–H and O–H groups in total. The molecule has 0 radical (unpaired) electrons. The summed E-state index contributed by atoms with van der Waals surface area (Å²) in [7, 11) is -5.52. The fourth-order valence-corrected chi connectivity index (χ4v) is 8.98. The Labute approximate surface area is 261 Å². The largest absolute Gasteiger partial charge is 0.726 e. The van der Waals surface area contributed by atoms with E-state index in [1.807, 2.05) is 91.0 Å². The summed E-state index contributed by atoms with van der Waals surface area (Å²) in [5.74, 6) is 0.738. The third-order valence-electron chi connectivity index (χ3n) is 7.47. The molecule has 0 aromatic heterocycles. The molecular formula is C32H37NO9S2. The number of amides is 1. The molecule has 3 aromatic carbocycles. The van der Waals surface area contributed by atoms with Crippen LogP contribution >= 0.6 is 0 Å². The number of carbonyl (C=O) groups is 1. The maximum absolute atomic E-state index is 12.3. The predicted octanol–water partition coefficient (Wildman–Crippen LogP) is 3.25. The first-order valence-corrected chi connectivity index (χ1v) is 17.4. The van der Waals surface area contributed by atoms with Crippen molar-refractivity contribution in [2.75, 3.05) is 24.7 Å². The average Bonchev–Trinajstić information content (AvgIpc) is 3.32. The summed E-state index contributed by atoms with van der Waals surface area (Å²) in [6.45, 7) is 2.42. The molecule has 3 aromatic rings. The molecule has 2 saturated heterocycles. The molecule has 7 atom stereocenters. The molecule has 0 saturated carbocycles. The van der Waals surface area contributed by atoms with Crippen LogP contribution in [0.15, 0.2) is 91.0 Å². The van der Waals surface area contributed by atoms with Gasteiger partial charge >= 0.3 is 0 Å². The Balaban J connectivity index is 1.39. The number of ether oxygens (including phenoxy) is 4. The Hall–Kier alpha value is -2.81. The maximum Gasteiger partial charge on any atom is 0.218 e. The minimum absolute atomic E-state index is 0.138. The number of nitrogens with one attached hydrogen (secondary N) is 1. The first-order chi connectivity index (χ1) is 21.2. The van der Waals surface area contributed by atoms with Crippen molar-refractivity contribution < 1.29 is 40.9 Å². The van der Waals surface area contributed by atoms with E-state index < -0.39 is 39.8 Å². The van der Waals surface area contributed by atoms with Gasteiger partial charge in [0.1, 0.15) is 35.9 Å². The molecule has 1 amide bonds. The molecule has 5 rings (SSSR count). The van der Waals surface area contributed by atoms with Gasteiger partial charge in [-0.1, -0.05) is 91.0 Å². The fraction of sp³-hybridized carbons (Fsp3) is 0.406. The van der Waals surface area contributed by atoms with E-state index >= 15 is 0 Å². The SMILES string of the molecule is CC(=O)N[C@@H]1C[S+](C[C@H]2OC(c3ccccc3)OC[C@@H]2OS(=O)(=O)[O-])[C@H](COCc2ccccc2)[C@H]1OCc1ccccc1. The Bertz CT molecular complexity index is 1430. The Morgan fingerprint density at radius 3 is 2.18 bits per heavy atom. The van der Waals surface area contributed by atoms with E-state index in [2.05, 4.69) is 5.32 Å². The lowest BCUT2D eigenvalue weighted by atomic mass is 10.1. The van der Waals surface area contributed by atoms with Crippen molar-refractivity contribution in [1.82, 2.24) is 5.32 Å². The van der Waals surface area contributed by atoms with Gasteiger partial charge in [-0.2, -0.15) is 0 Å². The minimum Gasteiger partial charge on any atom is -0.726 e. The predicted molar refractivity (Wildman–Crippen MR) is 164 cm³/mol. The Kier molecular flexibility index (Phi) is 11.4. The first kappa shape index (κ1) is 32.6. The monoisotopic (exact) mass is 643 g/mol. The summed E-state index contributed by atoms with van der Waals surface area (Å²) in [4.78, 5) is 12.3. The van der Waals surface area contributed by atoms with Crippen molar-refractivity contribution in [3.05, 3.63) is 108 Å². The summed E-state index contributed by atoms with van der Waals surface area (Å²) >= 11 is 0. The van der Waals surface area contributed by atoms with Crippen LogP contribution in [-0.2, 0) is 62.4 Å². The molecule has 2 aliphatic heterocycles. The number of hydrogen-bond acceptors (Lipinski definition) is 9. The first-order valence-electron chi connectivity index (χ1n) is 14.4. The van der Waals surface area contributed by atoms with E-state index in [9.17, 15) is 17.8 Å². The van der Waals surface area contributed by atoms with E-state index in [0.29, 0.717) is 31.3 Å². The summed E-state index contributed by atoms with van der Waals surface area (Å²) in [5, 5.41) is 2.90. The minimum atomic E-state index is -5.02. The second-order valence-corrected chi connectivity index (χ2v) is 14.1. The lowest BCUT2D eigenvalue weighted by Gasteiger charge is -2.36. The summed E-state index contributed by atoms with van der Waals surface area (Å²) < 4.78 is 64.7. The van der Waals surface area contributed by atoms with Crippen LogP contribution < -0.4 is 5.32 Å². The highest BCUT2D eigenvalue weighted by Gasteiger charge is 2.54. The van der Waals surface area contributed by atoms with Gasteiger partial charge in [-0.25, -0.2) is 8.42 Å². The van der Waals surface area contributed by atoms with Gasteiger partial charge < -0.3 is 28.8 Å². The van der Waals surface area contributed by atoms with Gasteiger partial charge in [0, 0.05) is 23.4 Å². The van der Waals surface area contributed by atoms with Crippen LogP contribution in [0.3, 0.4) is 0 Å². The number of benzene rings is 3. The van der Waals surface area contributed by atoms with Crippen molar-refractivity contribution >= 4 is 27.2 Å². The zero-order chi connectivity index (χ0) is 30.9. The van der Waals surface area contributed by atoms with E-state index in [1.54, 1.807) is 0 Å². The fourth-order valence-electron chi connectivity index (χ4n) is 5.48. The molecule has 10 nitrogen and oxygen atoms in total. The number of carbonyl (C=O) groups excluding carboxylic acids is 1.